The van der Waals surface area contributed by atoms with Gasteiger partial charge in [-0.15, -0.1) is 0 Å². The third-order valence-electron chi connectivity index (χ3n) is 3.92. The molecule has 1 aromatic carbocycles. The summed E-state index contributed by atoms with van der Waals surface area (Å²) in [6, 6.07) is 6.90. The summed E-state index contributed by atoms with van der Waals surface area (Å²) in [5.41, 5.74) is 2.34. The van der Waals surface area contributed by atoms with Crippen LogP contribution in [0.4, 0.5) is 5.69 Å². The van der Waals surface area contributed by atoms with Crippen LogP contribution in [0.5, 0.6) is 0 Å². The van der Waals surface area contributed by atoms with Crippen molar-refractivity contribution in [3.8, 4) is 0 Å². The maximum Gasteiger partial charge on any atom is 0.303 e. The lowest BCUT2D eigenvalue weighted by atomic mass is 10.0. The number of H-pyrrole nitrogens is 1. The molecule has 2 rings (SSSR count). The lowest BCUT2D eigenvalue weighted by molar-refractivity contribution is -0.136. The minimum absolute atomic E-state index is 0.0533. The van der Waals surface area contributed by atoms with Gasteiger partial charge in [-0.25, -0.2) is 5.10 Å². The van der Waals surface area contributed by atoms with E-state index < -0.39 is 17.4 Å². The molecule has 0 atom stereocenters. The number of carbonyl (C=O) groups excluding carboxylic acids is 1. The van der Waals surface area contributed by atoms with Crippen molar-refractivity contribution in [1.29, 1.82) is 0 Å². The minimum Gasteiger partial charge on any atom is -0.481 e. The van der Waals surface area contributed by atoms with E-state index in [9.17, 15) is 14.4 Å². The Morgan fingerprint density at radius 2 is 1.84 bits per heavy atom. The maximum absolute atomic E-state index is 12.5. The number of hydrogen-bond acceptors (Lipinski definition) is 4. The highest BCUT2D eigenvalue weighted by Gasteiger charge is 2.19. The highest BCUT2D eigenvalue weighted by Crippen LogP contribution is 2.15. The SMILES string of the molecule is CCc1n[nH]c(=O)c(C(=O)Nc2ccc(CCC(=O)O)cc2)c1CC. The van der Waals surface area contributed by atoms with Crippen molar-refractivity contribution in [2.75, 3.05) is 5.32 Å². The summed E-state index contributed by atoms with van der Waals surface area (Å²) in [6.07, 6.45) is 1.64. The molecule has 0 aliphatic heterocycles. The predicted molar refractivity (Wildman–Crippen MR) is 94.0 cm³/mol. The number of aromatic amines is 1. The van der Waals surface area contributed by atoms with Crippen LogP contribution in [0.25, 0.3) is 0 Å². The zero-order valence-electron chi connectivity index (χ0n) is 14.3. The fourth-order valence-corrected chi connectivity index (χ4v) is 2.64. The van der Waals surface area contributed by atoms with Crippen LogP contribution in [0.1, 0.15) is 47.4 Å². The molecule has 7 nitrogen and oxygen atoms in total. The second-order valence-corrected chi connectivity index (χ2v) is 5.60. The molecule has 0 bridgehead atoms. The van der Waals surface area contributed by atoms with Gasteiger partial charge >= 0.3 is 5.97 Å². The number of nitrogens with one attached hydrogen (secondary N) is 2. The Hall–Kier alpha value is -2.96. The van der Waals surface area contributed by atoms with E-state index in [-0.39, 0.29) is 12.0 Å². The van der Waals surface area contributed by atoms with Gasteiger partial charge in [0, 0.05) is 12.1 Å². The molecule has 0 saturated heterocycles. The van der Waals surface area contributed by atoms with Crippen molar-refractivity contribution in [1.82, 2.24) is 10.2 Å². The molecule has 1 amide bonds. The number of benzene rings is 1. The summed E-state index contributed by atoms with van der Waals surface area (Å²) in [7, 11) is 0. The minimum atomic E-state index is -0.854. The van der Waals surface area contributed by atoms with Crippen molar-refractivity contribution in [2.24, 2.45) is 0 Å². The van der Waals surface area contributed by atoms with Crippen LogP contribution in [-0.2, 0) is 24.1 Å². The molecule has 0 fully saturated rings. The van der Waals surface area contributed by atoms with Crippen molar-refractivity contribution in [2.45, 2.75) is 39.5 Å². The molecule has 0 spiro atoms. The Morgan fingerprint density at radius 3 is 2.40 bits per heavy atom. The largest absolute Gasteiger partial charge is 0.481 e. The van der Waals surface area contributed by atoms with E-state index in [2.05, 4.69) is 15.5 Å². The van der Waals surface area contributed by atoms with Gasteiger partial charge in [0.15, 0.2) is 0 Å². The zero-order valence-corrected chi connectivity index (χ0v) is 14.3. The average Bonchev–Trinajstić information content (AvgIpc) is 2.60. The molecular weight excluding hydrogens is 322 g/mol. The maximum atomic E-state index is 12.5. The quantitative estimate of drug-likeness (QED) is 0.713. The lowest BCUT2D eigenvalue weighted by Crippen LogP contribution is -2.27. The summed E-state index contributed by atoms with van der Waals surface area (Å²) in [6.45, 7) is 3.79. The van der Waals surface area contributed by atoms with Gasteiger partial charge in [0.2, 0.25) is 0 Å². The first-order chi connectivity index (χ1) is 12.0. The van der Waals surface area contributed by atoms with Crippen LogP contribution < -0.4 is 10.9 Å². The highest BCUT2D eigenvalue weighted by molar-refractivity contribution is 6.05. The monoisotopic (exact) mass is 343 g/mol. The zero-order chi connectivity index (χ0) is 18.4. The summed E-state index contributed by atoms with van der Waals surface area (Å²) in [5, 5.41) is 17.8. The molecule has 1 aromatic heterocycles. The number of anilines is 1. The van der Waals surface area contributed by atoms with Crippen LogP contribution in [0.3, 0.4) is 0 Å². The van der Waals surface area contributed by atoms with Gasteiger partial charge < -0.3 is 10.4 Å². The second kappa shape index (κ2) is 8.23. The van der Waals surface area contributed by atoms with Gasteiger partial charge in [-0.2, -0.15) is 5.10 Å². The Morgan fingerprint density at radius 1 is 1.16 bits per heavy atom. The fourth-order valence-electron chi connectivity index (χ4n) is 2.64. The molecule has 0 aliphatic carbocycles. The number of amides is 1. The molecule has 25 heavy (non-hydrogen) atoms. The molecule has 0 aliphatic rings. The fraction of sp³-hybridized carbons (Fsp3) is 0.333. The third-order valence-corrected chi connectivity index (χ3v) is 3.92. The van der Waals surface area contributed by atoms with E-state index in [1.54, 1.807) is 24.3 Å². The normalized spacial score (nSPS) is 10.5. The van der Waals surface area contributed by atoms with Crippen molar-refractivity contribution in [3.05, 3.63) is 57.0 Å². The smallest absolute Gasteiger partial charge is 0.303 e. The van der Waals surface area contributed by atoms with E-state index in [0.717, 1.165) is 5.56 Å². The summed E-state index contributed by atoms with van der Waals surface area (Å²) >= 11 is 0. The van der Waals surface area contributed by atoms with Crippen LogP contribution in [0.2, 0.25) is 0 Å². The number of aryl methyl sites for hydroxylation is 2. The number of nitrogens with zero attached hydrogens (tertiary/aromatic N) is 1. The van der Waals surface area contributed by atoms with Crippen molar-refractivity contribution >= 4 is 17.6 Å². The first-order valence-electron chi connectivity index (χ1n) is 8.18. The number of rotatable bonds is 7. The van der Waals surface area contributed by atoms with Crippen LogP contribution >= 0.6 is 0 Å². The number of carboxylic acids is 1. The first-order valence-corrected chi connectivity index (χ1v) is 8.18. The second-order valence-electron chi connectivity index (χ2n) is 5.60. The highest BCUT2D eigenvalue weighted by atomic mass is 16.4. The summed E-state index contributed by atoms with van der Waals surface area (Å²) in [4.78, 5) is 35.2. The van der Waals surface area contributed by atoms with Crippen LogP contribution in [-0.4, -0.2) is 27.2 Å². The van der Waals surface area contributed by atoms with E-state index >= 15 is 0 Å². The molecule has 132 valence electrons. The van der Waals surface area contributed by atoms with Crippen LogP contribution in [0, 0.1) is 0 Å². The molecular formula is C18H21N3O4. The molecule has 7 heteroatoms. The van der Waals surface area contributed by atoms with Gasteiger partial charge in [-0.05, 0) is 42.5 Å². The van der Waals surface area contributed by atoms with Gasteiger partial charge in [-0.1, -0.05) is 26.0 Å². The number of aliphatic carboxylic acids is 1. The van der Waals surface area contributed by atoms with E-state index in [0.29, 0.717) is 36.2 Å². The van der Waals surface area contributed by atoms with E-state index in [1.807, 2.05) is 13.8 Å². The molecule has 3 N–H and O–H groups in total. The standard InChI is InChI=1S/C18H21N3O4/c1-3-13-14(4-2)20-21-18(25)16(13)17(24)19-12-8-5-11(6-9-12)7-10-15(22)23/h5-6,8-9H,3-4,7,10H2,1-2H3,(H,19,24)(H,21,25)(H,22,23). The van der Waals surface area contributed by atoms with Gasteiger partial charge in [0.1, 0.15) is 5.56 Å². The Balaban J connectivity index is 2.20. The number of hydrogen-bond donors (Lipinski definition) is 3. The first kappa shape index (κ1) is 18.4. The van der Waals surface area contributed by atoms with Crippen molar-refractivity contribution in [3.63, 3.8) is 0 Å². The molecule has 2 aromatic rings. The molecule has 0 unspecified atom stereocenters. The number of carboxylic acid groups (broad SMARTS) is 1. The number of carbonyl (C=O) groups is 2. The molecule has 0 saturated carbocycles. The Bertz CT molecular complexity index is 825. The Kier molecular flexibility index (Phi) is 6.05. The van der Waals surface area contributed by atoms with Gasteiger partial charge in [0.05, 0.1) is 5.69 Å². The van der Waals surface area contributed by atoms with E-state index in [1.165, 1.54) is 0 Å². The molecule has 0 radical (unpaired) electrons. The van der Waals surface area contributed by atoms with Gasteiger partial charge in [-0.3, -0.25) is 14.4 Å². The van der Waals surface area contributed by atoms with Gasteiger partial charge in [0.25, 0.3) is 11.5 Å². The van der Waals surface area contributed by atoms with Crippen molar-refractivity contribution < 1.29 is 14.7 Å². The van der Waals surface area contributed by atoms with Crippen LogP contribution in [0.15, 0.2) is 29.1 Å². The Labute approximate surface area is 145 Å². The number of aromatic nitrogens is 2. The lowest BCUT2D eigenvalue weighted by Gasteiger charge is -2.11. The topological polar surface area (TPSA) is 112 Å². The third kappa shape index (κ3) is 4.53. The molecule has 1 heterocycles. The predicted octanol–water partition coefficient (Wildman–Crippen LogP) is 2.16. The summed E-state index contributed by atoms with van der Waals surface area (Å²) in [5.74, 6) is -1.33. The average molecular weight is 343 g/mol. The van der Waals surface area contributed by atoms with E-state index in [4.69, 9.17) is 5.11 Å². The summed E-state index contributed by atoms with van der Waals surface area (Å²) < 4.78 is 0.